The molecular formula is C21H32O4. The summed E-state index contributed by atoms with van der Waals surface area (Å²) in [5.74, 6) is 0.370. The number of hydrogen-bond acceptors (Lipinski definition) is 4. The highest BCUT2D eigenvalue weighted by molar-refractivity contribution is 5.83. The van der Waals surface area contributed by atoms with Crippen LogP contribution >= 0.6 is 0 Å². The molecule has 1 aliphatic rings. The summed E-state index contributed by atoms with van der Waals surface area (Å²) in [4.78, 5) is 23.1. The van der Waals surface area contributed by atoms with Gasteiger partial charge in [-0.3, -0.25) is 9.59 Å². The predicted molar refractivity (Wildman–Crippen MR) is 100 cm³/mol. The van der Waals surface area contributed by atoms with E-state index in [4.69, 9.17) is 0 Å². The second kappa shape index (κ2) is 12.6. The molecule has 0 aromatic carbocycles. The molecule has 0 spiro atoms. The molecule has 0 saturated heterocycles. The minimum atomic E-state index is -0.479. The van der Waals surface area contributed by atoms with Crippen LogP contribution in [0.25, 0.3) is 0 Å². The Kier molecular flexibility index (Phi) is 10.8. The number of aliphatic hydroxyl groups excluding tert-OH is 1. The first-order chi connectivity index (χ1) is 12.1. The van der Waals surface area contributed by atoms with Crippen LogP contribution in [-0.4, -0.2) is 30.1 Å². The topological polar surface area (TPSA) is 63.6 Å². The second-order valence-corrected chi connectivity index (χ2v) is 6.52. The van der Waals surface area contributed by atoms with E-state index >= 15 is 0 Å². The number of esters is 1. The molecule has 25 heavy (non-hydrogen) atoms. The van der Waals surface area contributed by atoms with Crippen LogP contribution in [0.3, 0.4) is 0 Å². The number of hydrogen-bond donors (Lipinski definition) is 1. The molecule has 1 fully saturated rings. The Balaban J connectivity index is 2.39. The van der Waals surface area contributed by atoms with Crippen molar-refractivity contribution in [2.75, 3.05) is 7.11 Å². The lowest BCUT2D eigenvalue weighted by Crippen LogP contribution is -2.13. The Morgan fingerprint density at radius 1 is 1.32 bits per heavy atom. The van der Waals surface area contributed by atoms with Gasteiger partial charge in [-0.15, -0.1) is 0 Å². The molecule has 1 aliphatic carbocycles. The molecule has 1 saturated carbocycles. The number of carbonyl (C=O) groups is 2. The van der Waals surface area contributed by atoms with Gasteiger partial charge in [0.1, 0.15) is 5.78 Å². The van der Waals surface area contributed by atoms with Gasteiger partial charge < -0.3 is 9.84 Å². The minimum absolute atomic E-state index is 0.0199. The summed E-state index contributed by atoms with van der Waals surface area (Å²) in [6, 6.07) is 0. The van der Waals surface area contributed by atoms with Crippen LogP contribution in [0.5, 0.6) is 0 Å². The summed E-state index contributed by atoms with van der Waals surface area (Å²) in [5, 5.41) is 9.95. The summed E-state index contributed by atoms with van der Waals surface area (Å²) in [6.45, 7) is 2.07. The summed E-state index contributed by atoms with van der Waals surface area (Å²) < 4.78 is 4.60. The van der Waals surface area contributed by atoms with Crippen molar-refractivity contribution in [2.45, 2.75) is 64.4 Å². The molecule has 0 aromatic heterocycles. The van der Waals surface area contributed by atoms with Gasteiger partial charge in [-0.05, 0) is 44.4 Å². The molecule has 1 rings (SSSR count). The molecule has 0 aliphatic heterocycles. The lowest BCUT2D eigenvalue weighted by Gasteiger charge is -2.13. The molecule has 1 unspecified atom stereocenters. The first-order valence-corrected chi connectivity index (χ1v) is 9.34. The van der Waals surface area contributed by atoms with Gasteiger partial charge >= 0.3 is 5.97 Å². The van der Waals surface area contributed by atoms with Gasteiger partial charge in [0.15, 0.2) is 0 Å². The summed E-state index contributed by atoms with van der Waals surface area (Å²) >= 11 is 0. The van der Waals surface area contributed by atoms with Gasteiger partial charge in [-0.2, -0.15) is 0 Å². The van der Waals surface area contributed by atoms with Gasteiger partial charge in [0.05, 0.1) is 13.2 Å². The average Bonchev–Trinajstić information content (AvgIpc) is 2.96. The SMILES string of the molecule is CC/C=C\CC(O)/C=C/[C@H]1CCC(=O)[C@@H]1C/C=C\CCCC(=O)OC. The van der Waals surface area contributed by atoms with E-state index in [9.17, 15) is 14.7 Å². The zero-order chi connectivity index (χ0) is 18.5. The van der Waals surface area contributed by atoms with Crippen molar-refractivity contribution in [3.8, 4) is 0 Å². The van der Waals surface area contributed by atoms with Crippen LogP contribution < -0.4 is 0 Å². The van der Waals surface area contributed by atoms with Crippen LogP contribution in [-0.2, 0) is 14.3 Å². The molecule has 0 bridgehead atoms. The third kappa shape index (κ3) is 8.82. The van der Waals surface area contributed by atoms with E-state index in [1.807, 2.05) is 36.5 Å². The maximum absolute atomic E-state index is 12.1. The Hall–Kier alpha value is -1.68. The monoisotopic (exact) mass is 348 g/mol. The van der Waals surface area contributed by atoms with E-state index in [-0.39, 0.29) is 17.8 Å². The van der Waals surface area contributed by atoms with Gasteiger partial charge in [0, 0.05) is 18.8 Å². The third-order valence-corrected chi connectivity index (χ3v) is 4.55. The zero-order valence-corrected chi connectivity index (χ0v) is 15.5. The smallest absolute Gasteiger partial charge is 0.305 e. The number of unbranched alkanes of at least 4 members (excludes halogenated alkanes) is 1. The average molecular weight is 348 g/mol. The van der Waals surface area contributed by atoms with Crippen LogP contribution in [0.1, 0.15) is 58.3 Å². The van der Waals surface area contributed by atoms with Crippen molar-refractivity contribution < 1.29 is 19.4 Å². The van der Waals surface area contributed by atoms with Crippen molar-refractivity contribution in [1.29, 1.82) is 0 Å². The van der Waals surface area contributed by atoms with E-state index in [0.29, 0.717) is 25.0 Å². The number of methoxy groups -OCH3 is 1. The van der Waals surface area contributed by atoms with Gasteiger partial charge in [0.2, 0.25) is 0 Å². The quantitative estimate of drug-likeness (QED) is 0.346. The zero-order valence-electron chi connectivity index (χ0n) is 15.5. The molecule has 0 amide bonds. The van der Waals surface area contributed by atoms with E-state index in [2.05, 4.69) is 11.7 Å². The molecule has 0 heterocycles. The molecule has 4 nitrogen and oxygen atoms in total. The Morgan fingerprint density at radius 2 is 2.12 bits per heavy atom. The largest absolute Gasteiger partial charge is 0.469 e. The minimum Gasteiger partial charge on any atom is -0.469 e. The number of carbonyl (C=O) groups excluding carboxylic acids is 2. The number of ketones is 1. The highest BCUT2D eigenvalue weighted by Gasteiger charge is 2.31. The number of Topliss-reactive ketones (excluding diaryl/α,β-unsaturated/α-hetero) is 1. The number of aliphatic hydroxyl groups is 1. The molecule has 0 radical (unpaired) electrons. The highest BCUT2D eigenvalue weighted by atomic mass is 16.5. The highest BCUT2D eigenvalue weighted by Crippen LogP contribution is 2.32. The van der Waals surface area contributed by atoms with Crippen molar-refractivity contribution in [1.82, 2.24) is 0 Å². The predicted octanol–water partition coefficient (Wildman–Crippen LogP) is 4.14. The first kappa shape index (κ1) is 21.4. The maximum atomic E-state index is 12.1. The fourth-order valence-corrected chi connectivity index (χ4v) is 3.05. The number of ether oxygens (including phenoxy) is 1. The van der Waals surface area contributed by atoms with Crippen LogP contribution in [0.2, 0.25) is 0 Å². The molecular weight excluding hydrogens is 316 g/mol. The van der Waals surface area contributed by atoms with E-state index in [1.54, 1.807) is 0 Å². The molecule has 0 aromatic rings. The molecule has 140 valence electrons. The lowest BCUT2D eigenvalue weighted by atomic mass is 9.91. The van der Waals surface area contributed by atoms with Gasteiger partial charge in [0.25, 0.3) is 0 Å². The van der Waals surface area contributed by atoms with Crippen molar-refractivity contribution in [3.63, 3.8) is 0 Å². The van der Waals surface area contributed by atoms with Crippen LogP contribution in [0.15, 0.2) is 36.5 Å². The molecule has 3 atom stereocenters. The number of allylic oxidation sites excluding steroid dienone is 4. The third-order valence-electron chi connectivity index (χ3n) is 4.55. The van der Waals surface area contributed by atoms with Gasteiger partial charge in [-0.1, -0.05) is 43.4 Å². The summed E-state index contributed by atoms with van der Waals surface area (Å²) in [6.07, 6.45) is 17.3. The first-order valence-electron chi connectivity index (χ1n) is 9.34. The summed E-state index contributed by atoms with van der Waals surface area (Å²) in [5.41, 5.74) is 0. The van der Waals surface area contributed by atoms with E-state index < -0.39 is 6.10 Å². The fraction of sp³-hybridized carbons (Fsp3) is 0.619. The Bertz CT molecular complexity index is 490. The van der Waals surface area contributed by atoms with E-state index in [1.165, 1.54) is 7.11 Å². The Labute approximate surface area is 151 Å². The van der Waals surface area contributed by atoms with Crippen LogP contribution in [0, 0.1) is 11.8 Å². The standard InChI is InChI=1S/C21H32O4/c1-3-4-7-10-18(22)15-13-17-14-16-20(23)19(17)11-8-5-6-9-12-21(24)25-2/h4-5,7-8,13,15,17-19,22H,3,6,9-12,14,16H2,1-2H3/b7-4-,8-5-,15-13+/t17-,18?,19+/m0/s1. The van der Waals surface area contributed by atoms with Crippen molar-refractivity contribution >= 4 is 11.8 Å². The normalized spacial score (nSPS) is 22.4. The maximum Gasteiger partial charge on any atom is 0.305 e. The van der Waals surface area contributed by atoms with E-state index in [0.717, 1.165) is 32.1 Å². The lowest BCUT2D eigenvalue weighted by molar-refractivity contribution is -0.140. The van der Waals surface area contributed by atoms with Crippen LogP contribution in [0.4, 0.5) is 0 Å². The van der Waals surface area contributed by atoms with Gasteiger partial charge in [-0.25, -0.2) is 0 Å². The molecule has 4 heteroatoms. The summed E-state index contributed by atoms with van der Waals surface area (Å²) in [7, 11) is 1.40. The van der Waals surface area contributed by atoms with Crippen molar-refractivity contribution in [3.05, 3.63) is 36.5 Å². The number of rotatable bonds is 11. The molecule has 1 N–H and O–H groups in total. The second-order valence-electron chi connectivity index (χ2n) is 6.52. The van der Waals surface area contributed by atoms with Crippen molar-refractivity contribution in [2.24, 2.45) is 11.8 Å². The fourth-order valence-electron chi connectivity index (χ4n) is 3.05. The Morgan fingerprint density at radius 3 is 2.84 bits per heavy atom.